The van der Waals surface area contributed by atoms with Gasteiger partial charge in [0.05, 0.1) is 13.2 Å². The monoisotopic (exact) mass is 312 g/mol. The van der Waals surface area contributed by atoms with Gasteiger partial charge in [-0.3, -0.25) is 4.90 Å². The second-order valence-corrected chi connectivity index (χ2v) is 5.82. The van der Waals surface area contributed by atoms with E-state index in [0.717, 1.165) is 68.7 Å². The first-order valence-corrected chi connectivity index (χ1v) is 8.26. The van der Waals surface area contributed by atoms with Crippen molar-refractivity contribution in [3.8, 4) is 11.4 Å². The summed E-state index contributed by atoms with van der Waals surface area (Å²) in [7, 11) is 0. The van der Waals surface area contributed by atoms with E-state index in [1.54, 1.807) is 0 Å². The van der Waals surface area contributed by atoms with Crippen LogP contribution in [0.25, 0.3) is 11.4 Å². The zero-order valence-corrected chi connectivity index (χ0v) is 13.7. The second kappa shape index (κ2) is 8.04. The van der Waals surface area contributed by atoms with E-state index in [9.17, 15) is 0 Å². The highest BCUT2D eigenvalue weighted by atomic mass is 16.5. The van der Waals surface area contributed by atoms with Gasteiger partial charge in [0.2, 0.25) is 0 Å². The lowest BCUT2D eigenvalue weighted by Crippen LogP contribution is -2.37. The number of hydrogen-bond acceptors (Lipinski definition) is 5. The van der Waals surface area contributed by atoms with Crippen molar-refractivity contribution in [1.29, 1.82) is 0 Å². The molecule has 1 aromatic heterocycles. The van der Waals surface area contributed by atoms with Crippen LogP contribution in [-0.2, 0) is 4.74 Å². The smallest absolute Gasteiger partial charge is 0.161 e. The van der Waals surface area contributed by atoms with Crippen molar-refractivity contribution in [2.45, 2.75) is 13.3 Å². The number of nitrogens with zero attached hydrogens (tertiary/aromatic N) is 3. The van der Waals surface area contributed by atoms with Crippen molar-refractivity contribution >= 4 is 5.82 Å². The lowest BCUT2D eigenvalue weighted by Gasteiger charge is -2.26. The zero-order chi connectivity index (χ0) is 15.9. The third kappa shape index (κ3) is 4.74. The molecule has 122 valence electrons. The molecule has 1 fully saturated rings. The Bertz CT molecular complexity index is 612. The van der Waals surface area contributed by atoms with Gasteiger partial charge >= 0.3 is 0 Å². The molecule has 0 atom stereocenters. The van der Waals surface area contributed by atoms with Gasteiger partial charge in [-0.25, -0.2) is 9.97 Å². The van der Waals surface area contributed by atoms with Gasteiger partial charge in [-0.1, -0.05) is 30.3 Å². The molecule has 1 aliphatic heterocycles. The Labute approximate surface area is 137 Å². The molecule has 1 N–H and O–H groups in total. The average molecular weight is 312 g/mol. The fourth-order valence-corrected chi connectivity index (χ4v) is 2.72. The molecule has 0 unspecified atom stereocenters. The van der Waals surface area contributed by atoms with E-state index in [1.165, 1.54) is 0 Å². The standard InChI is InChI=1S/C18H24N4O/c1-15-14-17(19-8-5-9-22-10-12-23-13-11-22)21-18(20-15)16-6-3-2-4-7-16/h2-4,6-7,14H,5,8-13H2,1H3,(H,19,20,21). The molecule has 1 aromatic carbocycles. The summed E-state index contributed by atoms with van der Waals surface area (Å²) in [6.07, 6.45) is 1.10. The topological polar surface area (TPSA) is 50.3 Å². The van der Waals surface area contributed by atoms with E-state index < -0.39 is 0 Å². The molecular formula is C18H24N4O. The van der Waals surface area contributed by atoms with Crippen molar-refractivity contribution in [1.82, 2.24) is 14.9 Å². The maximum atomic E-state index is 5.37. The summed E-state index contributed by atoms with van der Waals surface area (Å²) < 4.78 is 5.37. The molecule has 1 aliphatic rings. The summed E-state index contributed by atoms with van der Waals surface area (Å²) in [6.45, 7) is 7.84. The largest absolute Gasteiger partial charge is 0.379 e. The van der Waals surface area contributed by atoms with Gasteiger partial charge in [0, 0.05) is 37.0 Å². The van der Waals surface area contributed by atoms with Crippen molar-refractivity contribution in [2.24, 2.45) is 0 Å². The molecule has 23 heavy (non-hydrogen) atoms. The van der Waals surface area contributed by atoms with E-state index in [4.69, 9.17) is 4.74 Å². The average Bonchev–Trinajstić information content (AvgIpc) is 2.60. The Morgan fingerprint density at radius 1 is 1.13 bits per heavy atom. The minimum Gasteiger partial charge on any atom is -0.379 e. The molecule has 0 amide bonds. The Balaban J connectivity index is 1.54. The predicted octanol–water partition coefficient (Wildman–Crippen LogP) is 2.59. The number of benzene rings is 1. The fraction of sp³-hybridized carbons (Fsp3) is 0.444. The quantitative estimate of drug-likeness (QED) is 0.831. The Morgan fingerprint density at radius 3 is 2.70 bits per heavy atom. The minimum atomic E-state index is 0.779. The second-order valence-electron chi connectivity index (χ2n) is 5.82. The SMILES string of the molecule is Cc1cc(NCCCN2CCOCC2)nc(-c2ccccc2)n1. The van der Waals surface area contributed by atoms with Crippen LogP contribution in [0.15, 0.2) is 36.4 Å². The lowest BCUT2D eigenvalue weighted by atomic mass is 10.2. The molecular weight excluding hydrogens is 288 g/mol. The van der Waals surface area contributed by atoms with Crippen molar-refractivity contribution in [3.63, 3.8) is 0 Å². The third-order valence-electron chi connectivity index (χ3n) is 3.95. The maximum absolute atomic E-state index is 5.37. The summed E-state index contributed by atoms with van der Waals surface area (Å²) in [5.41, 5.74) is 2.03. The van der Waals surface area contributed by atoms with Gasteiger partial charge in [0.25, 0.3) is 0 Å². The van der Waals surface area contributed by atoms with Crippen LogP contribution in [0.2, 0.25) is 0 Å². The first-order valence-electron chi connectivity index (χ1n) is 8.26. The summed E-state index contributed by atoms with van der Waals surface area (Å²) in [5, 5.41) is 3.43. The lowest BCUT2D eigenvalue weighted by molar-refractivity contribution is 0.0378. The minimum absolute atomic E-state index is 0.779. The van der Waals surface area contributed by atoms with Crippen LogP contribution in [0.5, 0.6) is 0 Å². The molecule has 0 aliphatic carbocycles. The van der Waals surface area contributed by atoms with Crippen molar-refractivity contribution in [2.75, 3.05) is 44.7 Å². The Hall–Kier alpha value is -1.98. The van der Waals surface area contributed by atoms with E-state index >= 15 is 0 Å². The summed E-state index contributed by atoms with van der Waals surface area (Å²) in [5.74, 6) is 1.68. The normalized spacial score (nSPS) is 15.5. The van der Waals surface area contributed by atoms with Crippen molar-refractivity contribution in [3.05, 3.63) is 42.1 Å². The van der Waals surface area contributed by atoms with Crippen LogP contribution in [0.4, 0.5) is 5.82 Å². The number of anilines is 1. The fourth-order valence-electron chi connectivity index (χ4n) is 2.72. The van der Waals surface area contributed by atoms with Crippen molar-refractivity contribution < 1.29 is 4.74 Å². The number of hydrogen-bond donors (Lipinski definition) is 1. The van der Waals surface area contributed by atoms with Crippen LogP contribution in [0.1, 0.15) is 12.1 Å². The van der Waals surface area contributed by atoms with Gasteiger partial charge in [-0.15, -0.1) is 0 Å². The number of aryl methyl sites for hydroxylation is 1. The molecule has 5 nitrogen and oxygen atoms in total. The van der Waals surface area contributed by atoms with E-state index in [2.05, 4.69) is 20.2 Å². The molecule has 5 heteroatoms. The Morgan fingerprint density at radius 2 is 1.91 bits per heavy atom. The molecule has 1 saturated heterocycles. The summed E-state index contributed by atoms with van der Waals surface area (Å²) in [4.78, 5) is 11.6. The van der Waals surface area contributed by atoms with Crippen LogP contribution >= 0.6 is 0 Å². The number of aromatic nitrogens is 2. The van der Waals surface area contributed by atoms with Crippen LogP contribution in [0, 0.1) is 6.92 Å². The molecule has 2 heterocycles. The van der Waals surface area contributed by atoms with Gasteiger partial charge in [0.1, 0.15) is 5.82 Å². The maximum Gasteiger partial charge on any atom is 0.161 e. The summed E-state index contributed by atoms with van der Waals surface area (Å²) in [6, 6.07) is 12.1. The van der Waals surface area contributed by atoms with E-state index in [-0.39, 0.29) is 0 Å². The third-order valence-corrected chi connectivity index (χ3v) is 3.95. The molecule has 0 radical (unpaired) electrons. The number of nitrogens with one attached hydrogen (secondary N) is 1. The highest BCUT2D eigenvalue weighted by Gasteiger charge is 2.09. The molecule has 0 spiro atoms. The van der Waals surface area contributed by atoms with Crippen LogP contribution < -0.4 is 5.32 Å². The van der Waals surface area contributed by atoms with Gasteiger partial charge < -0.3 is 10.1 Å². The van der Waals surface area contributed by atoms with Crippen LogP contribution in [0.3, 0.4) is 0 Å². The molecule has 0 saturated carbocycles. The van der Waals surface area contributed by atoms with Gasteiger partial charge in [0.15, 0.2) is 5.82 Å². The highest BCUT2D eigenvalue weighted by Crippen LogP contribution is 2.17. The highest BCUT2D eigenvalue weighted by molar-refractivity contribution is 5.57. The van der Waals surface area contributed by atoms with Gasteiger partial charge in [-0.2, -0.15) is 0 Å². The number of ether oxygens (including phenoxy) is 1. The molecule has 2 aromatic rings. The summed E-state index contributed by atoms with van der Waals surface area (Å²) >= 11 is 0. The molecule has 3 rings (SSSR count). The predicted molar refractivity (Wildman–Crippen MR) is 92.6 cm³/mol. The first-order chi connectivity index (χ1) is 11.3. The van der Waals surface area contributed by atoms with Crippen LogP contribution in [-0.4, -0.2) is 54.3 Å². The Kier molecular flexibility index (Phi) is 5.56. The number of rotatable bonds is 6. The zero-order valence-electron chi connectivity index (χ0n) is 13.7. The number of morpholine rings is 1. The molecule has 0 bridgehead atoms. The first kappa shape index (κ1) is 15.9. The van der Waals surface area contributed by atoms with Gasteiger partial charge in [-0.05, 0) is 19.9 Å². The van der Waals surface area contributed by atoms with E-state index in [1.807, 2.05) is 43.3 Å². The van der Waals surface area contributed by atoms with E-state index in [0.29, 0.717) is 0 Å².